The van der Waals surface area contributed by atoms with Gasteiger partial charge in [0.25, 0.3) is 0 Å². The lowest BCUT2D eigenvalue weighted by Gasteiger charge is -2.18. The molecule has 104 valence electrons. The summed E-state index contributed by atoms with van der Waals surface area (Å²) in [5.74, 6) is 0. The fraction of sp³-hybridized carbons (Fsp3) is 0.750. The molecule has 6 heteroatoms. The summed E-state index contributed by atoms with van der Waals surface area (Å²) in [6.45, 7) is 5.32. The van der Waals surface area contributed by atoms with Crippen LogP contribution in [0, 0.1) is 0 Å². The number of nitrogens with one attached hydrogen (secondary N) is 1. The van der Waals surface area contributed by atoms with E-state index in [1.54, 1.807) is 10.9 Å². The summed E-state index contributed by atoms with van der Waals surface area (Å²) in [7, 11) is 0. The molecule has 0 amide bonds. The summed E-state index contributed by atoms with van der Waals surface area (Å²) >= 11 is 0. The minimum atomic E-state index is -4.08. The van der Waals surface area contributed by atoms with Crippen LogP contribution in [0.1, 0.15) is 32.3 Å². The Bertz CT molecular complexity index is 347. The second-order valence-corrected chi connectivity index (χ2v) is 4.32. The Balaban J connectivity index is 2.51. The maximum absolute atomic E-state index is 12.2. The average Bonchev–Trinajstić information content (AvgIpc) is 2.73. The highest BCUT2D eigenvalue weighted by atomic mass is 19.4. The summed E-state index contributed by atoms with van der Waals surface area (Å²) in [6, 6.07) is -0.147. The lowest BCUT2D eigenvalue weighted by molar-refractivity contribution is -0.136. The van der Waals surface area contributed by atoms with Crippen molar-refractivity contribution in [1.29, 1.82) is 0 Å². The van der Waals surface area contributed by atoms with E-state index >= 15 is 0 Å². The first kappa shape index (κ1) is 15.0. The minimum absolute atomic E-state index is 0.106. The van der Waals surface area contributed by atoms with Crippen molar-refractivity contribution in [3.8, 4) is 0 Å². The molecule has 0 aliphatic heterocycles. The van der Waals surface area contributed by atoms with Gasteiger partial charge in [0.1, 0.15) is 0 Å². The van der Waals surface area contributed by atoms with Crippen molar-refractivity contribution in [3.63, 3.8) is 0 Å². The SMILES string of the molecule is CCNC(CCC(F)(F)F)Cc1cnn(CC)c1. The summed E-state index contributed by atoms with van der Waals surface area (Å²) in [5, 5.41) is 7.22. The van der Waals surface area contributed by atoms with Crippen molar-refractivity contribution in [2.24, 2.45) is 0 Å². The Morgan fingerprint density at radius 3 is 2.61 bits per heavy atom. The van der Waals surface area contributed by atoms with Gasteiger partial charge in [-0.05, 0) is 31.9 Å². The third-order valence-electron chi connectivity index (χ3n) is 2.76. The van der Waals surface area contributed by atoms with E-state index in [2.05, 4.69) is 10.4 Å². The van der Waals surface area contributed by atoms with Gasteiger partial charge in [0.05, 0.1) is 6.20 Å². The Labute approximate surface area is 105 Å². The standard InChI is InChI=1S/C12H20F3N3/c1-3-16-11(5-6-12(13,14)15)7-10-8-17-18(4-2)9-10/h8-9,11,16H,3-7H2,1-2H3. The van der Waals surface area contributed by atoms with Crippen molar-refractivity contribution in [2.45, 2.75) is 51.9 Å². The van der Waals surface area contributed by atoms with Crippen LogP contribution in [0.3, 0.4) is 0 Å². The highest BCUT2D eigenvalue weighted by Crippen LogP contribution is 2.23. The maximum Gasteiger partial charge on any atom is 0.389 e. The van der Waals surface area contributed by atoms with Gasteiger partial charge in [0, 0.05) is 25.2 Å². The van der Waals surface area contributed by atoms with Crippen LogP contribution >= 0.6 is 0 Å². The van der Waals surface area contributed by atoms with E-state index in [4.69, 9.17) is 0 Å². The maximum atomic E-state index is 12.2. The van der Waals surface area contributed by atoms with Crippen LogP contribution in [-0.4, -0.2) is 28.5 Å². The molecule has 1 aromatic rings. The molecule has 1 aromatic heterocycles. The first-order valence-corrected chi connectivity index (χ1v) is 6.26. The number of halogens is 3. The van der Waals surface area contributed by atoms with Crippen molar-refractivity contribution in [2.75, 3.05) is 6.54 Å². The molecule has 18 heavy (non-hydrogen) atoms. The second kappa shape index (κ2) is 6.78. The molecule has 1 heterocycles. The molecule has 1 N–H and O–H groups in total. The Morgan fingerprint density at radius 1 is 1.39 bits per heavy atom. The van der Waals surface area contributed by atoms with Gasteiger partial charge in [-0.2, -0.15) is 18.3 Å². The molecule has 0 saturated carbocycles. The molecule has 3 nitrogen and oxygen atoms in total. The van der Waals surface area contributed by atoms with Crippen molar-refractivity contribution >= 4 is 0 Å². The number of likely N-dealkylation sites (N-methyl/N-ethyl adjacent to an activating group) is 1. The van der Waals surface area contributed by atoms with E-state index < -0.39 is 12.6 Å². The van der Waals surface area contributed by atoms with Gasteiger partial charge >= 0.3 is 6.18 Å². The van der Waals surface area contributed by atoms with Gasteiger partial charge in [-0.25, -0.2) is 0 Å². The summed E-state index contributed by atoms with van der Waals surface area (Å²) in [6.07, 6.45) is -0.522. The third kappa shape index (κ3) is 5.53. The summed E-state index contributed by atoms with van der Waals surface area (Å²) < 4.78 is 38.4. The Kier molecular flexibility index (Phi) is 5.65. The Hall–Kier alpha value is -1.04. The third-order valence-corrected chi connectivity index (χ3v) is 2.76. The molecule has 0 aromatic carbocycles. The monoisotopic (exact) mass is 263 g/mol. The molecule has 0 spiro atoms. The summed E-state index contributed by atoms with van der Waals surface area (Å²) in [5.41, 5.74) is 0.977. The topological polar surface area (TPSA) is 29.9 Å². The van der Waals surface area contributed by atoms with E-state index in [1.165, 1.54) is 0 Å². The van der Waals surface area contributed by atoms with Gasteiger partial charge in [-0.15, -0.1) is 0 Å². The molecule has 0 fully saturated rings. The van der Waals surface area contributed by atoms with Crippen LogP contribution in [-0.2, 0) is 13.0 Å². The van der Waals surface area contributed by atoms with Crippen LogP contribution in [0.5, 0.6) is 0 Å². The first-order chi connectivity index (χ1) is 8.44. The average molecular weight is 263 g/mol. The molecule has 1 atom stereocenters. The van der Waals surface area contributed by atoms with Crippen LogP contribution in [0.15, 0.2) is 12.4 Å². The van der Waals surface area contributed by atoms with E-state index in [1.807, 2.05) is 20.0 Å². The van der Waals surface area contributed by atoms with Gasteiger partial charge < -0.3 is 5.32 Å². The van der Waals surface area contributed by atoms with Crippen LogP contribution in [0.2, 0.25) is 0 Å². The predicted octanol–water partition coefficient (Wildman–Crippen LogP) is 2.77. The zero-order valence-electron chi connectivity index (χ0n) is 10.8. The fourth-order valence-electron chi connectivity index (χ4n) is 1.87. The largest absolute Gasteiger partial charge is 0.389 e. The number of nitrogens with zero attached hydrogens (tertiary/aromatic N) is 2. The van der Waals surface area contributed by atoms with Crippen LogP contribution in [0.4, 0.5) is 13.2 Å². The number of aromatic nitrogens is 2. The number of alkyl halides is 3. The molecular formula is C12H20F3N3. The smallest absolute Gasteiger partial charge is 0.314 e. The van der Waals surface area contributed by atoms with Crippen LogP contribution < -0.4 is 5.32 Å². The fourth-order valence-corrected chi connectivity index (χ4v) is 1.87. The predicted molar refractivity (Wildman–Crippen MR) is 64.4 cm³/mol. The lowest BCUT2D eigenvalue weighted by atomic mass is 10.0. The molecule has 0 bridgehead atoms. The van der Waals surface area contributed by atoms with Gasteiger partial charge in [-0.1, -0.05) is 6.92 Å². The molecule has 1 unspecified atom stereocenters. The molecule has 1 rings (SSSR count). The number of rotatable bonds is 7. The molecule has 0 aliphatic carbocycles. The highest BCUT2D eigenvalue weighted by molar-refractivity contribution is 5.06. The zero-order valence-corrected chi connectivity index (χ0v) is 10.8. The van der Waals surface area contributed by atoms with Gasteiger partial charge in [0.15, 0.2) is 0 Å². The van der Waals surface area contributed by atoms with Crippen LogP contribution in [0.25, 0.3) is 0 Å². The molecule has 0 saturated heterocycles. The zero-order chi connectivity index (χ0) is 13.6. The minimum Gasteiger partial charge on any atom is -0.314 e. The summed E-state index contributed by atoms with van der Waals surface area (Å²) in [4.78, 5) is 0. The normalized spacial score (nSPS) is 13.8. The van der Waals surface area contributed by atoms with Crippen molar-refractivity contribution in [1.82, 2.24) is 15.1 Å². The first-order valence-electron chi connectivity index (χ1n) is 6.26. The number of hydrogen-bond donors (Lipinski definition) is 1. The Morgan fingerprint density at radius 2 is 2.11 bits per heavy atom. The quantitative estimate of drug-likeness (QED) is 0.819. The molecule has 0 radical (unpaired) electrons. The number of hydrogen-bond acceptors (Lipinski definition) is 2. The highest BCUT2D eigenvalue weighted by Gasteiger charge is 2.28. The molecular weight excluding hydrogens is 243 g/mol. The second-order valence-electron chi connectivity index (χ2n) is 4.32. The van der Waals surface area contributed by atoms with E-state index in [0.717, 1.165) is 12.1 Å². The van der Waals surface area contributed by atoms with E-state index in [-0.39, 0.29) is 12.5 Å². The van der Waals surface area contributed by atoms with E-state index in [0.29, 0.717) is 13.0 Å². The van der Waals surface area contributed by atoms with Crippen molar-refractivity contribution in [3.05, 3.63) is 18.0 Å². The molecule has 0 aliphatic rings. The van der Waals surface area contributed by atoms with Gasteiger partial charge in [-0.3, -0.25) is 4.68 Å². The van der Waals surface area contributed by atoms with Gasteiger partial charge in [0.2, 0.25) is 0 Å². The lowest BCUT2D eigenvalue weighted by Crippen LogP contribution is -2.32. The van der Waals surface area contributed by atoms with Crippen molar-refractivity contribution < 1.29 is 13.2 Å². The number of aryl methyl sites for hydroxylation is 1. The van der Waals surface area contributed by atoms with E-state index in [9.17, 15) is 13.2 Å².